The second-order valence-electron chi connectivity index (χ2n) is 4.79. The van der Waals surface area contributed by atoms with Crippen molar-refractivity contribution in [1.29, 1.82) is 0 Å². The number of nitrogens with zero attached hydrogens (tertiary/aromatic N) is 3. The van der Waals surface area contributed by atoms with Crippen molar-refractivity contribution in [3.05, 3.63) is 11.6 Å². The fourth-order valence-corrected chi connectivity index (χ4v) is 2.13. The first-order valence-electron chi connectivity index (χ1n) is 6.15. The Bertz CT molecular complexity index is 437. The molecule has 1 aromatic rings. The third-order valence-corrected chi connectivity index (χ3v) is 3.33. The van der Waals surface area contributed by atoms with E-state index in [-0.39, 0.29) is 11.9 Å². The molecule has 1 saturated heterocycles. The van der Waals surface area contributed by atoms with Crippen molar-refractivity contribution < 1.29 is 4.79 Å². The quantitative estimate of drug-likeness (QED) is 0.728. The van der Waals surface area contributed by atoms with Crippen molar-refractivity contribution in [3.8, 4) is 0 Å². The number of carbonyl (C=O) groups is 1. The van der Waals surface area contributed by atoms with E-state index in [9.17, 15) is 4.79 Å². The van der Waals surface area contributed by atoms with Crippen molar-refractivity contribution in [2.45, 2.75) is 31.2 Å². The Kier molecular flexibility index (Phi) is 2.58. The number of amides is 1. The highest BCUT2D eigenvalue weighted by Gasteiger charge is 2.30. The maximum Gasteiger partial charge on any atom is 0.237 e. The minimum atomic E-state index is -0.168. The molecule has 1 amide bonds. The van der Waals surface area contributed by atoms with Gasteiger partial charge in [-0.25, -0.2) is 4.98 Å². The lowest BCUT2D eigenvalue weighted by Crippen LogP contribution is -2.54. The smallest absolute Gasteiger partial charge is 0.237 e. The van der Waals surface area contributed by atoms with Gasteiger partial charge in [0, 0.05) is 32.5 Å². The first-order valence-corrected chi connectivity index (χ1v) is 6.15. The summed E-state index contributed by atoms with van der Waals surface area (Å²) in [5, 5.41) is 10.5. The largest absolute Gasteiger partial charge is 0.353 e. The van der Waals surface area contributed by atoms with Crippen LogP contribution in [0.2, 0.25) is 0 Å². The number of hydrogen-bond acceptors (Lipinski definition) is 4. The van der Waals surface area contributed by atoms with Gasteiger partial charge in [-0.3, -0.25) is 9.48 Å². The first kappa shape index (κ1) is 10.7. The van der Waals surface area contributed by atoms with Gasteiger partial charge in [-0.1, -0.05) is 0 Å². The molecule has 0 spiro atoms. The van der Waals surface area contributed by atoms with E-state index in [0.717, 1.165) is 18.2 Å². The van der Waals surface area contributed by atoms with Crippen LogP contribution >= 0.6 is 0 Å². The van der Waals surface area contributed by atoms with Gasteiger partial charge in [0.2, 0.25) is 5.91 Å². The van der Waals surface area contributed by atoms with Gasteiger partial charge in [-0.05, 0) is 12.8 Å². The highest BCUT2D eigenvalue weighted by Crippen LogP contribution is 2.38. The molecule has 1 aliphatic carbocycles. The summed E-state index contributed by atoms with van der Waals surface area (Å²) in [5.74, 6) is 2.45. The maximum absolute atomic E-state index is 11.6. The summed E-state index contributed by atoms with van der Waals surface area (Å²) in [6.45, 7) is 1.53. The molecule has 1 unspecified atom stereocenters. The number of rotatable bonds is 3. The first-order chi connectivity index (χ1) is 8.24. The topological polar surface area (TPSA) is 71.8 Å². The SMILES string of the molecule is Cn1nc(C2CC2)nc1CC1NCCNC1=O. The van der Waals surface area contributed by atoms with E-state index in [2.05, 4.69) is 20.7 Å². The van der Waals surface area contributed by atoms with Gasteiger partial charge in [-0.2, -0.15) is 5.10 Å². The van der Waals surface area contributed by atoms with Crippen molar-refractivity contribution in [1.82, 2.24) is 25.4 Å². The summed E-state index contributed by atoms with van der Waals surface area (Å²) in [5.41, 5.74) is 0. The van der Waals surface area contributed by atoms with E-state index in [4.69, 9.17) is 0 Å². The highest BCUT2D eigenvalue weighted by atomic mass is 16.2. The standard InChI is InChI=1S/C11H17N5O/c1-16-9(14-10(15-16)7-2-3-7)6-8-11(17)13-5-4-12-8/h7-8,12H,2-6H2,1H3,(H,13,17). The van der Waals surface area contributed by atoms with E-state index in [0.29, 0.717) is 18.9 Å². The lowest BCUT2D eigenvalue weighted by atomic mass is 10.1. The van der Waals surface area contributed by atoms with Gasteiger partial charge in [0.1, 0.15) is 5.82 Å². The molecule has 1 aromatic heterocycles. The third kappa shape index (κ3) is 2.17. The Balaban J connectivity index is 1.72. The van der Waals surface area contributed by atoms with Crippen LogP contribution in [0, 0.1) is 0 Å². The van der Waals surface area contributed by atoms with Crippen molar-refractivity contribution in [2.75, 3.05) is 13.1 Å². The summed E-state index contributed by atoms with van der Waals surface area (Å²) in [6.07, 6.45) is 3.01. The van der Waals surface area contributed by atoms with Crippen LogP contribution in [0.3, 0.4) is 0 Å². The number of aromatic nitrogens is 3. The molecule has 2 fully saturated rings. The van der Waals surface area contributed by atoms with Crippen molar-refractivity contribution >= 4 is 5.91 Å². The molecule has 0 aromatic carbocycles. The Morgan fingerprint density at radius 3 is 2.94 bits per heavy atom. The molecule has 6 heteroatoms. The normalized spacial score (nSPS) is 24.8. The zero-order valence-corrected chi connectivity index (χ0v) is 9.94. The van der Waals surface area contributed by atoms with Gasteiger partial charge in [0.15, 0.2) is 5.82 Å². The summed E-state index contributed by atoms with van der Waals surface area (Å²) in [4.78, 5) is 16.2. The van der Waals surface area contributed by atoms with Crippen LogP contribution in [0.15, 0.2) is 0 Å². The van der Waals surface area contributed by atoms with Gasteiger partial charge in [0.05, 0.1) is 6.04 Å². The van der Waals surface area contributed by atoms with E-state index < -0.39 is 0 Å². The van der Waals surface area contributed by atoms with E-state index >= 15 is 0 Å². The van der Waals surface area contributed by atoms with Gasteiger partial charge in [0.25, 0.3) is 0 Å². The van der Waals surface area contributed by atoms with Crippen LogP contribution < -0.4 is 10.6 Å². The molecule has 2 aliphatic rings. The predicted molar refractivity (Wildman–Crippen MR) is 61.5 cm³/mol. The minimum absolute atomic E-state index is 0.0622. The maximum atomic E-state index is 11.6. The van der Waals surface area contributed by atoms with Crippen LogP contribution in [0.25, 0.3) is 0 Å². The van der Waals surface area contributed by atoms with Crippen molar-refractivity contribution in [2.24, 2.45) is 7.05 Å². The molecule has 6 nitrogen and oxygen atoms in total. The number of nitrogens with one attached hydrogen (secondary N) is 2. The zero-order valence-electron chi connectivity index (χ0n) is 9.94. The monoisotopic (exact) mass is 235 g/mol. The zero-order chi connectivity index (χ0) is 11.8. The summed E-state index contributed by atoms with van der Waals surface area (Å²) < 4.78 is 1.80. The molecule has 2 N–H and O–H groups in total. The third-order valence-electron chi connectivity index (χ3n) is 3.33. The number of carbonyl (C=O) groups excluding carboxylic acids is 1. The fourth-order valence-electron chi connectivity index (χ4n) is 2.13. The Morgan fingerprint density at radius 1 is 1.41 bits per heavy atom. The van der Waals surface area contributed by atoms with Crippen LogP contribution in [0.1, 0.15) is 30.4 Å². The lowest BCUT2D eigenvalue weighted by molar-refractivity contribution is -0.124. The number of hydrogen-bond donors (Lipinski definition) is 2. The fraction of sp³-hybridized carbons (Fsp3) is 0.727. The Hall–Kier alpha value is -1.43. The Morgan fingerprint density at radius 2 is 2.24 bits per heavy atom. The van der Waals surface area contributed by atoms with Gasteiger partial charge >= 0.3 is 0 Å². The predicted octanol–water partition coefficient (Wildman–Crippen LogP) is -0.677. The molecule has 92 valence electrons. The molecule has 1 atom stereocenters. The average molecular weight is 235 g/mol. The number of aryl methyl sites for hydroxylation is 1. The molecular weight excluding hydrogens is 218 g/mol. The molecule has 1 saturated carbocycles. The molecule has 2 heterocycles. The van der Waals surface area contributed by atoms with Gasteiger partial charge < -0.3 is 10.6 Å². The lowest BCUT2D eigenvalue weighted by Gasteiger charge is -2.22. The van der Waals surface area contributed by atoms with E-state index in [1.165, 1.54) is 12.8 Å². The molecular formula is C11H17N5O. The van der Waals surface area contributed by atoms with Crippen LogP contribution in [-0.2, 0) is 18.3 Å². The summed E-state index contributed by atoms with van der Waals surface area (Å²) in [6, 6.07) is -0.168. The summed E-state index contributed by atoms with van der Waals surface area (Å²) in [7, 11) is 1.90. The molecule has 3 rings (SSSR count). The van der Waals surface area contributed by atoms with Crippen LogP contribution in [-0.4, -0.2) is 39.8 Å². The van der Waals surface area contributed by atoms with E-state index in [1.807, 2.05) is 7.05 Å². The Labute approximate surface area is 99.8 Å². The average Bonchev–Trinajstić information content (AvgIpc) is 3.09. The van der Waals surface area contributed by atoms with E-state index in [1.54, 1.807) is 4.68 Å². The van der Waals surface area contributed by atoms with Crippen LogP contribution in [0.5, 0.6) is 0 Å². The molecule has 17 heavy (non-hydrogen) atoms. The molecule has 0 radical (unpaired) electrons. The molecule has 0 bridgehead atoms. The van der Waals surface area contributed by atoms with Crippen molar-refractivity contribution in [3.63, 3.8) is 0 Å². The second-order valence-corrected chi connectivity index (χ2v) is 4.79. The number of piperazine rings is 1. The minimum Gasteiger partial charge on any atom is -0.353 e. The second kappa shape index (κ2) is 4.10. The highest BCUT2D eigenvalue weighted by molar-refractivity contribution is 5.82. The molecule has 1 aliphatic heterocycles. The summed E-state index contributed by atoms with van der Waals surface area (Å²) >= 11 is 0. The van der Waals surface area contributed by atoms with Crippen LogP contribution in [0.4, 0.5) is 0 Å². The van der Waals surface area contributed by atoms with Gasteiger partial charge in [-0.15, -0.1) is 0 Å².